The summed E-state index contributed by atoms with van der Waals surface area (Å²) >= 11 is 0. The molecule has 20 heavy (non-hydrogen) atoms. The van der Waals surface area contributed by atoms with Crippen molar-refractivity contribution in [1.82, 2.24) is 5.01 Å². The molecule has 0 saturated carbocycles. The summed E-state index contributed by atoms with van der Waals surface area (Å²) in [6.07, 6.45) is 1.62. The Kier molecular flexibility index (Phi) is 5.12. The zero-order valence-corrected chi connectivity index (χ0v) is 11.4. The molecule has 4 nitrogen and oxygen atoms in total. The molecule has 0 aliphatic carbocycles. The Bertz CT molecular complexity index is 525. The van der Waals surface area contributed by atoms with Gasteiger partial charge in [-0.25, -0.2) is 0 Å². The molecule has 0 radical (unpaired) electrons. The number of hydrogen-bond acceptors (Lipinski definition) is 3. The van der Waals surface area contributed by atoms with Gasteiger partial charge in [-0.05, 0) is 36.1 Å². The fraction of sp³-hybridized carbons (Fsp3) is 0.250. The largest absolute Gasteiger partial charge is 0.399 e. The monoisotopic (exact) mass is 269 g/mol. The van der Waals surface area contributed by atoms with Crippen LogP contribution in [0.2, 0.25) is 0 Å². The molecule has 0 amide bonds. The second-order valence-corrected chi connectivity index (χ2v) is 4.76. The van der Waals surface area contributed by atoms with Crippen LogP contribution in [-0.2, 0) is 12.8 Å². The second kappa shape index (κ2) is 7.28. The smallest absolute Gasteiger partial charge is 0.0524 e. The van der Waals surface area contributed by atoms with Gasteiger partial charge in [0.2, 0.25) is 0 Å². The Labute approximate surface area is 119 Å². The van der Waals surface area contributed by atoms with Gasteiger partial charge in [0, 0.05) is 18.8 Å². The van der Waals surface area contributed by atoms with Crippen LogP contribution in [0.5, 0.6) is 0 Å². The Morgan fingerprint density at radius 3 is 1.95 bits per heavy atom. The zero-order valence-electron chi connectivity index (χ0n) is 11.4. The molecule has 0 bridgehead atoms. The normalized spacial score (nSPS) is 10.2. The highest BCUT2D eigenvalue weighted by Gasteiger charge is 2.04. The number of nitrogens with zero attached hydrogens (tertiary/aromatic N) is 2. The van der Waals surface area contributed by atoms with E-state index in [9.17, 15) is 4.91 Å². The molecule has 0 aromatic heterocycles. The van der Waals surface area contributed by atoms with Crippen molar-refractivity contribution >= 4 is 5.69 Å². The van der Waals surface area contributed by atoms with Gasteiger partial charge < -0.3 is 5.73 Å². The zero-order chi connectivity index (χ0) is 14.2. The van der Waals surface area contributed by atoms with E-state index in [2.05, 4.69) is 17.4 Å². The Morgan fingerprint density at radius 2 is 1.40 bits per heavy atom. The number of nitrogen functional groups attached to an aromatic ring is 1. The Balaban J connectivity index is 1.80. The molecule has 0 unspecified atom stereocenters. The van der Waals surface area contributed by atoms with E-state index in [1.807, 2.05) is 42.5 Å². The third-order valence-electron chi connectivity index (χ3n) is 3.26. The molecule has 0 saturated heterocycles. The van der Waals surface area contributed by atoms with Gasteiger partial charge in [-0.2, -0.15) is 0 Å². The summed E-state index contributed by atoms with van der Waals surface area (Å²) in [7, 11) is 0. The minimum Gasteiger partial charge on any atom is -0.399 e. The number of nitroso groups, excluding NO2 is 1. The lowest BCUT2D eigenvalue weighted by molar-refractivity contribution is 0.291. The van der Waals surface area contributed by atoms with Crippen LogP contribution in [0.4, 0.5) is 5.69 Å². The molecule has 104 valence electrons. The summed E-state index contributed by atoms with van der Waals surface area (Å²) in [5, 5.41) is 4.67. The molecule has 0 aliphatic rings. The Hall–Kier alpha value is -2.36. The first-order valence-corrected chi connectivity index (χ1v) is 6.74. The lowest BCUT2D eigenvalue weighted by Crippen LogP contribution is -2.22. The average Bonchev–Trinajstić information content (AvgIpc) is 2.50. The summed E-state index contributed by atoms with van der Waals surface area (Å²) in [6.45, 7) is 1.27. The highest BCUT2D eigenvalue weighted by atomic mass is 16.3. The van der Waals surface area contributed by atoms with Gasteiger partial charge in [0.25, 0.3) is 0 Å². The lowest BCUT2D eigenvalue weighted by Gasteiger charge is -2.15. The first kappa shape index (κ1) is 14.1. The van der Waals surface area contributed by atoms with E-state index in [0.29, 0.717) is 13.1 Å². The van der Waals surface area contributed by atoms with Crippen LogP contribution < -0.4 is 5.73 Å². The molecule has 0 heterocycles. The summed E-state index contributed by atoms with van der Waals surface area (Å²) in [6, 6.07) is 17.8. The van der Waals surface area contributed by atoms with Crippen molar-refractivity contribution in [2.24, 2.45) is 5.29 Å². The number of benzene rings is 2. The van der Waals surface area contributed by atoms with Crippen molar-refractivity contribution in [2.45, 2.75) is 12.8 Å². The molecule has 0 spiro atoms. The molecular formula is C16H19N3O. The predicted molar refractivity (Wildman–Crippen MR) is 82.1 cm³/mol. The van der Waals surface area contributed by atoms with E-state index >= 15 is 0 Å². The van der Waals surface area contributed by atoms with Gasteiger partial charge in [0.05, 0.1) is 5.29 Å². The minimum absolute atomic E-state index is 0.625. The third kappa shape index (κ3) is 4.39. The van der Waals surface area contributed by atoms with Gasteiger partial charge in [-0.1, -0.05) is 42.5 Å². The molecule has 0 aliphatic heterocycles. The third-order valence-corrected chi connectivity index (χ3v) is 3.26. The highest BCUT2D eigenvalue weighted by Crippen LogP contribution is 2.08. The highest BCUT2D eigenvalue weighted by molar-refractivity contribution is 5.39. The van der Waals surface area contributed by atoms with E-state index in [0.717, 1.165) is 24.1 Å². The van der Waals surface area contributed by atoms with Crippen molar-refractivity contribution in [3.8, 4) is 0 Å². The Morgan fingerprint density at radius 1 is 0.850 bits per heavy atom. The SMILES string of the molecule is Nc1ccc(CCN(CCc2ccccc2)N=O)cc1. The van der Waals surface area contributed by atoms with Crippen LogP contribution in [0.15, 0.2) is 59.9 Å². The summed E-state index contributed by atoms with van der Waals surface area (Å²) in [5.74, 6) is 0. The number of nitrogens with two attached hydrogens (primary N) is 1. The molecule has 2 aromatic carbocycles. The maximum atomic E-state index is 10.9. The molecule has 0 atom stereocenters. The van der Waals surface area contributed by atoms with Crippen LogP contribution >= 0.6 is 0 Å². The number of anilines is 1. The average molecular weight is 269 g/mol. The number of hydrogen-bond donors (Lipinski definition) is 1. The van der Waals surface area contributed by atoms with Crippen LogP contribution in [0.25, 0.3) is 0 Å². The first-order valence-electron chi connectivity index (χ1n) is 6.74. The van der Waals surface area contributed by atoms with E-state index in [-0.39, 0.29) is 0 Å². The quantitative estimate of drug-likeness (QED) is 0.477. The van der Waals surface area contributed by atoms with Gasteiger partial charge in [-0.15, -0.1) is 4.91 Å². The van der Waals surface area contributed by atoms with E-state index in [1.165, 1.54) is 5.56 Å². The maximum Gasteiger partial charge on any atom is 0.0524 e. The molecule has 2 aromatic rings. The fourth-order valence-corrected chi connectivity index (χ4v) is 2.04. The number of rotatable bonds is 7. The first-order chi connectivity index (χ1) is 9.78. The molecular weight excluding hydrogens is 250 g/mol. The van der Waals surface area contributed by atoms with Crippen molar-refractivity contribution in [2.75, 3.05) is 18.8 Å². The topological polar surface area (TPSA) is 58.7 Å². The second-order valence-electron chi connectivity index (χ2n) is 4.76. The molecule has 2 N–H and O–H groups in total. The van der Waals surface area contributed by atoms with Crippen LogP contribution in [-0.4, -0.2) is 18.1 Å². The summed E-state index contributed by atoms with van der Waals surface area (Å²) in [5.41, 5.74) is 8.77. The van der Waals surface area contributed by atoms with Crippen LogP contribution in [0.3, 0.4) is 0 Å². The lowest BCUT2D eigenvalue weighted by atomic mass is 10.1. The minimum atomic E-state index is 0.625. The van der Waals surface area contributed by atoms with Gasteiger partial charge in [0.15, 0.2) is 0 Å². The predicted octanol–water partition coefficient (Wildman–Crippen LogP) is 3.04. The van der Waals surface area contributed by atoms with Crippen LogP contribution in [0.1, 0.15) is 11.1 Å². The van der Waals surface area contributed by atoms with Gasteiger partial charge in [0.1, 0.15) is 0 Å². The van der Waals surface area contributed by atoms with Crippen LogP contribution in [0, 0.1) is 4.91 Å². The van der Waals surface area contributed by atoms with E-state index in [1.54, 1.807) is 5.01 Å². The fourth-order valence-electron chi connectivity index (χ4n) is 2.04. The van der Waals surface area contributed by atoms with Gasteiger partial charge in [-0.3, -0.25) is 5.01 Å². The summed E-state index contributed by atoms with van der Waals surface area (Å²) < 4.78 is 0. The van der Waals surface area contributed by atoms with Crippen molar-refractivity contribution in [3.63, 3.8) is 0 Å². The molecule has 2 rings (SSSR count). The van der Waals surface area contributed by atoms with Gasteiger partial charge >= 0.3 is 0 Å². The van der Waals surface area contributed by atoms with E-state index in [4.69, 9.17) is 5.73 Å². The molecule has 4 heteroatoms. The molecule has 0 fully saturated rings. The van der Waals surface area contributed by atoms with E-state index < -0.39 is 0 Å². The standard InChI is InChI=1S/C16H19N3O/c17-16-8-6-15(7-9-16)11-13-19(18-20)12-10-14-4-2-1-3-5-14/h1-9H,10-13,17H2. The maximum absolute atomic E-state index is 10.9. The van der Waals surface area contributed by atoms with Crippen molar-refractivity contribution in [1.29, 1.82) is 0 Å². The van der Waals surface area contributed by atoms with Crippen molar-refractivity contribution < 1.29 is 0 Å². The summed E-state index contributed by atoms with van der Waals surface area (Å²) in [4.78, 5) is 10.9. The van der Waals surface area contributed by atoms with Crippen molar-refractivity contribution in [3.05, 3.63) is 70.6 Å².